The molecule has 2 aliphatic rings. The summed E-state index contributed by atoms with van der Waals surface area (Å²) in [4.78, 5) is 9.03. The molecule has 0 amide bonds. The van der Waals surface area contributed by atoms with Gasteiger partial charge in [0.2, 0.25) is 0 Å². The Bertz CT molecular complexity index is 1850. The van der Waals surface area contributed by atoms with Crippen molar-refractivity contribution >= 4 is 32.2 Å². The summed E-state index contributed by atoms with van der Waals surface area (Å²) < 4.78 is 51.5. The summed E-state index contributed by atoms with van der Waals surface area (Å²) in [5.74, 6) is 2.18. The molecule has 4 aromatic rings. The SMILES string of the molecule is [C-]#[N+]CN(Cc1ccc2c(c1)OCCO2)c1ccc(N(C[N+]#[C-])S(=O)(=O)c2ccc3c(c2)OCCO3)c2ccccc12. The van der Waals surface area contributed by atoms with Crippen LogP contribution in [0.25, 0.3) is 20.5 Å². The first-order valence-electron chi connectivity index (χ1n) is 13.2. The summed E-state index contributed by atoms with van der Waals surface area (Å²) in [6.45, 7) is 16.9. The molecule has 0 spiro atoms. The molecule has 0 N–H and O–H groups in total. The molecule has 2 heterocycles. The number of hydrogen-bond donors (Lipinski definition) is 0. The third-order valence-corrected chi connectivity index (χ3v) is 8.75. The molecule has 11 heteroatoms. The van der Waals surface area contributed by atoms with E-state index in [0.717, 1.165) is 20.9 Å². The van der Waals surface area contributed by atoms with Crippen LogP contribution in [-0.2, 0) is 16.6 Å². The summed E-state index contributed by atoms with van der Waals surface area (Å²) in [6, 6.07) is 21.1. The second kappa shape index (κ2) is 11.4. The molecule has 6 rings (SSSR count). The van der Waals surface area contributed by atoms with Gasteiger partial charge in [-0.05, 0) is 42.0 Å². The molecule has 0 radical (unpaired) electrons. The Hall–Kier alpha value is -5.13. The molecular weight excluding hydrogens is 556 g/mol. The molecule has 42 heavy (non-hydrogen) atoms. The van der Waals surface area contributed by atoms with Gasteiger partial charge in [-0.25, -0.2) is 21.6 Å². The minimum Gasteiger partial charge on any atom is -0.486 e. The molecule has 0 atom stereocenters. The quantitative estimate of drug-likeness (QED) is 0.259. The van der Waals surface area contributed by atoms with Crippen molar-refractivity contribution in [3.8, 4) is 23.0 Å². The Morgan fingerprint density at radius 2 is 1.24 bits per heavy atom. The average Bonchev–Trinajstić information content (AvgIpc) is 3.02. The standard InChI is InChI=1S/C31H26N4O6S/c1-32-20-34(19-22-7-11-28-30(17-22)40-15-13-38-28)26-9-10-27(25-6-4-3-5-24(25)26)35(21-33-2)42(36,37)23-8-12-29-31(18-23)41-16-14-39-29/h3-12,17-18H,13-16,19-21H2. The number of ether oxygens (including phenoxy) is 4. The normalized spacial score (nSPS) is 13.6. The van der Waals surface area contributed by atoms with Crippen molar-refractivity contribution in [2.75, 3.05) is 49.0 Å². The van der Waals surface area contributed by atoms with E-state index in [1.165, 1.54) is 12.1 Å². The van der Waals surface area contributed by atoms with E-state index in [-0.39, 0.29) is 11.6 Å². The van der Waals surface area contributed by atoms with Gasteiger partial charge in [-0.15, -0.1) is 0 Å². The number of sulfonamides is 1. The van der Waals surface area contributed by atoms with Crippen LogP contribution in [0, 0.1) is 13.1 Å². The molecule has 0 saturated carbocycles. The molecule has 0 aliphatic carbocycles. The van der Waals surface area contributed by atoms with Gasteiger partial charge in [0.15, 0.2) is 23.0 Å². The fraction of sp³-hybridized carbons (Fsp3) is 0.226. The zero-order valence-corrected chi connectivity index (χ0v) is 23.3. The van der Waals surface area contributed by atoms with Crippen LogP contribution in [-0.4, -0.2) is 48.2 Å². The number of anilines is 2. The first-order valence-corrected chi connectivity index (χ1v) is 14.7. The van der Waals surface area contributed by atoms with Crippen molar-refractivity contribution in [2.24, 2.45) is 0 Å². The zero-order chi connectivity index (χ0) is 29.1. The second-order valence-corrected chi connectivity index (χ2v) is 11.4. The molecule has 0 bridgehead atoms. The van der Waals surface area contributed by atoms with Gasteiger partial charge in [-0.3, -0.25) is 9.69 Å². The number of nitrogens with zero attached hydrogens (tertiary/aromatic N) is 4. The van der Waals surface area contributed by atoms with Crippen LogP contribution in [0.1, 0.15) is 5.56 Å². The van der Waals surface area contributed by atoms with Crippen LogP contribution in [0.15, 0.2) is 77.7 Å². The molecule has 2 aliphatic heterocycles. The van der Waals surface area contributed by atoms with Crippen LogP contribution < -0.4 is 28.2 Å². The molecule has 0 unspecified atom stereocenters. The van der Waals surface area contributed by atoms with Gasteiger partial charge in [-0.1, -0.05) is 30.3 Å². The molecule has 10 nitrogen and oxygen atoms in total. The molecule has 0 fully saturated rings. The average molecular weight is 583 g/mol. The van der Waals surface area contributed by atoms with E-state index >= 15 is 0 Å². The van der Waals surface area contributed by atoms with Crippen LogP contribution in [0.5, 0.6) is 23.0 Å². The molecule has 0 saturated heterocycles. The maximum absolute atomic E-state index is 13.9. The molecule has 4 aromatic carbocycles. The van der Waals surface area contributed by atoms with Crippen LogP contribution in [0.4, 0.5) is 11.4 Å². The number of rotatable bonds is 8. The van der Waals surface area contributed by atoms with E-state index in [9.17, 15) is 8.42 Å². The van der Waals surface area contributed by atoms with E-state index in [0.29, 0.717) is 67.0 Å². The molecular formula is C31H26N4O6S. The summed E-state index contributed by atoms with van der Waals surface area (Å²) in [7, 11) is -4.15. The maximum atomic E-state index is 13.9. The van der Waals surface area contributed by atoms with Gasteiger partial charge in [0, 0.05) is 16.8 Å². The third kappa shape index (κ3) is 5.06. The lowest BCUT2D eigenvalue weighted by Crippen LogP contribution is -2.31. The van der Waals surface area contributed by atoms with Crippen molar-refractivity contribution in [3.05, 3.63) is 101 Å². The lowest BCUT2D eigenvalue weighted by atomic mass is 10.1. The number of hydrogen-bond acceptors (Lipinski definition) is 7. The van der Waals surface area contributed by atoms with Crippen molar-refractivity contribution in [3.63, 3.8) is 0 Å². The van der Waals surface area contributed by atoms with Gasteiger partial charge in [-0.2, -0.15) is 4.31 Å². The lowest BCUT2D eigenvalue weighted by molar-refractivity contribution is 0.171. The Morgan fingerprint density at radius 3 is 1.90 bits per heavy atom. The summed E-state index contributed by atoms with van der Waals surface area (Å²) >= 11 is 0. The minimum absolute atomic E-state index is 0.00296. The Kier molecular flexibility index (Phi) is 7.34. The Morgan fingerprint density at radius 1 is 0.667 bits per heavy atom. The first kappa shape index (κ1) is 27.1. The Labute approximate surface area is 243 Å². The summed E-state index contributed by atoms with van der Waals surface area (Å²) in [5.41, 5.74) is 2.06. The predicted molar refractivity (Wildman–Crippen MR) is 158 cm³/mol. The highest BCUT2D eigenvalue weighted by Gasteiger charge is 2.31. The largest absolute Gasteiger partial charge is 0.486 e. The lowest BCUT2D eigenvalue weighted by Gasteiger charge is -2.26. The summed E-state index contributed by atoms with van der Waals surface area (Å²) in [6.07, 6.45) is 0. The molecule has 212 valence electrons. The van der Waals surface area contributed by atoms with Gasteiger partial charge in [0.25, 0.3) is 16.7 Å². The fourth-order valence-electron chi connectivity index (χ4n) is 5.12. The Balaban J connectivity index is 1.40. The topological polar surface area (TPSA) is 86.3 Å². The van der Waals surface area contributed by atoms with Gasteiger partial charge in [0.05, 0.1) is 22.8 Å². The van der Waals surface area contributed by atoms with E-state index in [1.807, 2.05) is 47.4 Å². The van der Waals surface area contributed by atoms with Crippen molar-refractivity contribution < 1.29 is 27.4 Å². The van der Waals surface area contributed by atoms with E-state index in [1.54, 1.807) is 18.2 Å². The fourth-order valence-corrected chi connectivity index (χ4v) is 6.50. The zero-order valence-electron chi connectivity index (χ0n) is 22.5. The van der Waals surface area contributed by atoms with E-state index < -0.39 is 16.7 Å². The van der Waals surface area contributed by atoms with Gasteiger partial charge < -0.3 is 23.8 Å². The summed E-state index contributed by atoms with van der Waals surface area (Å²) in [5, 5.41) is 1.39. The van der Waals surface area contributed by atoms with Crippen LogP contribution in [0.2, 0.25) is 0 Å². The molecule has 0 aromatic heterocycles. The maximum Gasteiger partial charge on any atom is 0.302 e. The van der Waals surface area contributed by atoms with Crippen LogP contribution >= 0.6 is 0 Å². The second-order valence-electron chi connectivity index (χ2n) is 9.58. The van der Waals surface area contributed by atoms with Gasteiger partial charge >= 0.3 is 6.67 Å². The highest BCUT2D eigenvalue weighted by molar-refractivity contribution is 7.92. The smallest absolute Gasteiger partial charge is 0.302 e. The number of benzene rings is 4. The monoisotopic (exact) mass is 582 g/mol. The first-order chi connectivity index (χ1) is 20.5. The highest BCUT2D eigenvalue weighted by atomic mass is 32.2. The third-order valence-electron chi connectivity index (χ3n) is 7.01. The highest BCUT2D eigenvalue weighted by Crippen LogP contribution is 2.39. The van der Waals surface area contributed by atoms with Crippen molar-refractivity contribution in [1.29, 1.82) is 0 Å². The minimum atomic E-state index is -4.15. The van der Waals surface area contributed by atoms with Crippen molar-refractivity contribution in [1.82, 2.24) is 0 Å². The van der Waals surface area contributed by atoms with Crippen LogP contribution in [0.3, 0.4) is 0 Å². The van der Waals surface area contributed by atoms with Gasteiger partial charge in [0.1, 0.15) is 26.4 Å². The van der Waals surface area contributed by atoms with E-state index in [4.69, 9.17) is 32.1 Å². The number of fused-ring (bicyclic) bond motifs is 3. The van der Waals surface area contributed by atoms with E-state index in [2.05, 4.69) is 9.69 Å². The van der Waals surface area contributed by atoms with Crippen molar-refractivity contribution in [2.45, 2.75) is 11.4 Å². The predicted octanol–water partition coefficient (Wildman–Crippen LogP) is 5.34.